The highest BCUT2D eigenvalue weighted by Gasteiger charge is 2.15. The highest BCUT2D eigenvalue weighted by atomic mass is 19.1. The SMILES string of the molecule is CCCC(CC(=O)O)NC(=O)Nc1ccc(F)c(C)c1. The Morgan fingerprint density at radius 1 is 1.40 bits per heavy atom. The van der Waals surface area contributed by atoms with Gasteiger partial charge in [-0.15, -0.1) is 0 Å². The second kappa shape index (κ2) is 7.47. The summed E-state index contributed by atoms with van der Waals surface area (Å²) in [5.41, 5.74) is 0.894. The van der Waals surface area contributed by atoms with Gasteiger partial charge in [0.05, 0.1) is 6.42 Å². The van der Waals surface area contributed by atoms with E-state index >= 15 is 0 Å². The quantitative estimate of drug-likeness (QED) is 0.750. The summed E-state index contributed by atoms with van der Waals surface area (Å²) >= 11 is 0. The van der Waals surface area contributed by atoms with E-state index in [9.17, 15) is 14.0 Å². The van der Waals surface area contributed by atoms with Crippen molar-refractivity contribution in [3.8, 4) is 0 Å². The van der Waals surface area contributed by atoms with E-state index in [1.807, 2.05) is 6.92 Å². The highest BCUT2D eigenvalue weighted by molar-refractivity contribution is 5.89. The number of halogens is 1. The van der Waals surface area contributed by atoms with Crippen LogP contribution in [0.25, 0.3) is 0 Å². The zero-order valence-corrected chi connectivity index (χ0v) is 11.6. The number of amides is 2. The minimum atomic E-state index is -0.957. The van der Waals surface area contributed by atoms with Gasteiger partial charge < -0.3 is 15.7 Å². The lowest BCUT2D eigenvalue weighted by Gasteiger charge is -2.16. The van der Waals surface area contributed by atoms with Crippen LogP contribution in [0, 0.1) is 12.7 Å². The first-order valence-corrected chi connectivity index (χ1v) is 6.47. The number of hydrogen-bond acceptors (Lipinski definition) is 2. The predicted octanol–water partition coefficient (Wildman–Crippen LogP) is 2.90. The van der Waals surface area contributed by atoms with Gasteiger partial charge in [0, 0.05) is 11.7 Å². The van der Waals surface area contributed by atoms with E-state index in [4.69, 9.17) is 5.11 Å². The maximum atomic E-state index is 13.1. The van der Waals surface area contributed by atoms with Crippen molar-refractivity contribution in [2.24, 2.45) is 0 Å². The topological polar surface area (TPSA) is 78.4 Å². The molecule has 0 radical (unpaired) electrons. The van der Waals surface area contributed by atoms with Crippen LogP contribution < -0.4 is 10.6 Å². The summed E-state index contributed by atoms with van der Waals surface area (Å²) in [6, 6.07) is 3.33. The number of benzene rings is 1. The molecule has 0 spiro atoms. The Morgan fingerprint density at radius 3 is 2.65 bits per heavy atom. The van der Waals surface area contributed by atoms with E-state index in [0.717, 1.165) is 6.42 Å². The van der Waals surface area contributed by atoms with Crippen molar-refractivity contribution < 1.29 is 19.1 Å². The molecule has 110 valence electrons. The molecule has 0 heterocycles. The molecule has 20 heavy (non-hydrogen) atoms. The van der Waals surface area contributed by atoms with Crippen molar-refractivity contribution in [2.75, 3.05) is 5.32 Å². The number of carbonyl (C=O) groups is 2. The number of aliphatic carboxylic acids is 1. The number of urea groups is 1. The van der Waals surface area contributed by atoms with Gasteiger partial charge in [0.25, 0.3) is 0 Å². The summed E-state index contributed by atoms with van der Waals surface area (Å²) in [5, 5.41) is 13.9. The average Bonchev–Trinajstić information content (AvgIpc) is 2.33. The molecule has 1 aromatic rings. The second-order valence-corrected chi connectivity index (χ2v) is 4.65. The Balaban J connectivity index is 2.60. The molecule has 1 atom stereocenters. The maximum absolute atomic E-state index is 13.1. The number of rotatable bonds is 6. The van der Waals surface area contributed by atoms with Gasteiger partial charge in [0.15, 0.2) is 0 Å². The Bertz CT molecular complexity index is 491. The van der Waals surface area contributed by atoms with E-state index in [1.165, 1.54) is 18.2 Å². The van der Waals surface area contributed by atoms with Crippen molar-refractivity contribution in [3.63, 3.8) is 0 Å². The van der Waals surface area contributed by atoms with E-state index in [0.29, 0.717) is 17.7 Å². The average molecular weight is 282 g/mol. The minimum absolute atomic E-state index is 0.121. The lowest BCUT2D eigenvalue weighted by Crippen LogP contribution is -2.39. The Labute approximate surface area is 117 Å². The number of aryl methyl sites for hydroxylation is 1. The van der Waals surface area contributed by atoms with Crippen LogP contribution in [0.1, 0.15) is 31.7 Å². The molecular weight excluding hydrogens is 263 g/mol. The second-order valence-electron chi connectivity index (χ2n) is 4.65. The molecule has 2 amide bonds. The number of carboxylic acids is 1. The van der Waals surface area contributed by atoms with Gasteiger partial charge in [-0.25, -0.2) is 9.18 Å². The van der Waals surface area contributed by atoms with E-state index in [1.54, 1.807) is 6.92 Å². The molecule has 1 unspecified atom stereocenters. The van der Waals surface area contributed by atoms with Crippen LogP contribution in [0.15, 0.2) is 18.2 Å². The monoisotopic (exact) mass is 282 g/mol. The Hall–Kier alpha value is -2.11. The zero-order valence-electron chi connectivity index (χ0n) is 11.6. The van der Waals surface area contributed by atoms with Crippen LogP contribution in [-0.2, 0) is 4.79 Å². The number of carbonyl (C=O) groups excluding carboxylic acids is 1. The summed E-state index contributed by atoms with van der Waals surface area (Å²) in [6.07, 6.45) is 1.24. The molecule has 0 aliphatic carbocycles. The fraction of sp³-hybridized carbons (Fsp3) is 0.429. The zero-order chi connectivity index (χ0) is 15.1. The van der Waals surface area contributed by atoms with Crippen LogP contribution in [0.2, 0.25) is 0 Å². The first-order chi connectivity index (χ1) is 9.42. The van der Waals surface area contributed by atoms with Crippen molar-refractivity contribution >= 4 is 17.7 Å². The third-order valence-electron chi connectivity index (χ3n) is 2.81. The Kier molecular flexibility index (Phi) is 5.96. The van der Waals surface area contributed by atoms with Crippen LogP contribution in [0.3, 0.4) is 0 Å². The van der Waals surface area contributed by atoms with Gasteiger partial charge in [-0.3, -0.25) is 4.79 Å². The van der Waals surface area contributed by atoms with Crippen LogP contribution >= 0.6 is 0 Å². The van der Waals surface area contributed by atoms with Gasteiger partial charge in [-0.05, 0) is 37.1 Å². The summed E-state index contributed by atoms with van der Waals surface area (Å²) in [7, 11) is 0. The third-order valence-corrected chi connectivity index (χ3v) is 2.81. The number of hydrogen-bond donors (Lipinski definition) is 3. The van der Waals surface area contributed by atoms with E-state index in [-0.39, 0.29) is 12.2 Å². The maximum Gasteiger partial charge on any atom is 0.319 e. The summed E-state index contributed by atoms with van der Waals surface area (Å²) < 4.78 is 13.1. The fourth-order valence-corrected chi connectivity index (χ4v) is 1.86. The molecule has 6 heteroatoms. The van der Waals surface area contributed by atoms with Gasteiger partial charge >= 0.3 is 12.0 Å². The summed E-state index contributed by atoms with van der Waals surface area (Å²) in [5.74, 6) is -1.30. The third kappa shape index (κ3) is 5.26. The smallest absolute Gasteiger partial charge is 0.319 e. The molecule has 1 aromatic carbocycles. The molecular formula is C14H19FN2O3. The summed E-state index contributed by atoms with van der Waals surface area (Å²) in [4.78, 5) is 22.5. The van der Waals surface area contributed by atoms with E-state index in [2.05, 4.69) is 10.6 Å². The molecule has 0 fully saturated rings. The minimum Gasteiger partial charge on any atom is -0.481 e. The molecule has 0 aromatic heterocycles. The highest BCUT2D eigenvalue weighted by Crippen LogP contribution is 2.13. The number of nitrogens with one attached hydrogen (secondary N) is 2. The molecule has 0 saturated heterocycles. The lowest BCUT2D eigenvalue weighted by atomic mass is 10.1. The molecule has 0 saturated carbocycles. The molecule has 0 aliphatic rings. The molecule has 0 aliphatic heterocycles. The van der Waals surface area contributed by atoms with Gasteiger partial charge in [0.2, 0.25) is 0 Å². The van der Waals surface area contributed by atoms with Crippen LogP contribution in [-0.4, -0.2) is 23.1 Å². The number of carboxylic acid groups (broad SMARTS) is 1. The summed E-state index contributed by atoms with van der Waals surface area (Å²) in [6.45, 7) is 3.51. The van der Waals surface area contributed by atoms with Crippen molar-refractivity contribution in [1.82, 2.24) is 5.32 Å². The molecule has 1 rings (SSSR count). The number of anilines is 1. The van der Waals surface area contributed by atoms with Crippen molar-refractivity contribution in [3.05, 3.63) is 29.6 Å². The van der Waals surface area contributed by atoms with Gasteiger partial charge in [-0.2, -0.15) is 0 Å². The van der Waals surface area contributed by atoms with Gasteiger partial charge in [0.1, 0.15) is 5.82 Å². The first kappa shape index (κ1) is 15.9. The molecule has 5 nitrogen and oxygen atoms in total. The van der Waals surface area contributed by atoms with Crippen LogP contribution in [0.5, 0.6) is 0 Å². The fourth-order valence-electron chi connectivity index (χ4n) is 1.86. The normalized spacial score (nSPS) is 11.8. The van der Waals surface area contributed by atoms with Crippen molar-refractivity contribution in [2.45, 2.75) is 39.2 Å². The van der Waals surface area contributed by atoms with E-state index < -0.39 is 18.0 Å². The van der Waals surface area contributed by atoms with Gasteiger partial charge in [-0.1, -0.05) is 13.3 Å². The predicted molar refractivity (Wildman–Crippen MR) is 74.2 cm³/mol. The Morgan fingerprint density at radius 2 is 2.10 bits per heavy atom. The van der Waals surface area contributed by atoms with Crippen molar-refractivity contribution in [1.29, 1.82) is 0 Å². The lowest BCUT2D eigenvalue weighted by molar-refractivity contribution is -0.137. The molecule has 3 N–H and O–H groups in total. The molecule has 0 bridgehead atoms. The first-order valence-electron chi connectivity index (χ1n) is 6.47. The van der Waals surface area contributed by atoms with Crippen LogP contribution in [0.4, 0.5) is 14.9 Å². The largest absolute Gasteiger partial charge is 0.481 e. The standard InChI is InChI=1S/C14H19FN2O3/c1-3-4-10(8-13(18)19)16-14(20)17-11-5-6-12(15)9(2)7-11/h5-7,10H,3-4,8H2,1-2H3,(H,18,19)(H2,16,17,20).